The van der Waals surface area contributed by atoms with E-state index in [4.69, 9.17) is 4.74 Å². The summed E-state index contributed by atoms with van der Waals surface area (Å²) in [6.07, 6.45) is 15.4. The molecule has 1 aliphatic carbocycles. The Morgan fingerprint density at radius 1 is 0.923 bits per heavy atom. The molecule has 39 heavy (non-hydrogen) atoms. The minimum absolute atomic E-state index is 0.130. The molecular formula is C34H44N2O3. The van der Waals surface area contributed by atoms with Crippen LogP contribution in [-0.2, 0) is 19.4 Å². The van der Waals surface area contributed by atoms with Crippen LogP contribution in [0.4, 0.5) is 5.69 Å². The second-order valence-electron chi connectivity index (χ2n) is 10.3. The molecule has 0 amide bonds. The lowest BCUT2D eigenvalue weighted by Gasteiger charge is -2.29. The highest BCUT2D eigenvalue weighted by atomic mass is 16.5. The number of nitrogens with zero attached hydrogens (tertiary/aromatic N) is 2. The van der Waals surface area contributed by atoms with Crippen LogP contribution in [0.5, 0.6) is 11.5 Å². The van der Waals surface area contributed by atoms with Gasteiger partial charge in [-0.25, -0.2) is 0 Å². The zero-order chi connectivity index (χ0) is 28.0. The van der Waals surface area contributed by atoms with E-state index in [-0.39, 0.29) is 6.61 Å². The number of terminal acetylenes is 1. The highest BCUT2D eigenvalue weighted by Gasteiger charge is 2.18. The number of phenols is 1. The summed E-state index contributed by atoms with van der Waals surface area (Å²) in [7, 11) is 3.88. The smallest absolute Gasteiger partial charge is 0.120 e. The van der Waals surface area contributed by atoms with Crippen molar-refractivity contribution in [3.8, 4) is 24.3 Å². The van der Waals surface area contributed by atoms with Gasteiger partial charge in [0.05, 0.1) is 13.7 Å². The van der Waals surface area contributed by atoms with Gasteiger partial charge in [0.2, 0.25) is 0 Å². The Labute approximate surface area is 235 Å². The normalized spacial score (nSPS) is 15.1. The van der Waals surface area contributed by atoms with Crippen molar-refractivity contribution in [1.82, 2.24) is 4.90 Å². The van der Waals surface area contributed by atoms with E-state index in [0.717, 1.165) is 24.4 Å². The third-order valence-electron chi connectivity index (χ3n) is 7.66. The fourth-order valence-electron chi connectivity index (χ4n) is 5.40. The molecule has 3 aromatic carbocycles. The number of aliphatic hydroxyl groups is 1. The molecule has 1 heterocycles. The van der Waals surface area contributed by atoms with Gasteiger partial charge in [0.25, 0.3) is 0 Å². The molecule has 0 bridgehead atoms. The van der Waals surface area contributed by atoms with Gasteiger partial charge in [-0.15, -0.1) is 12.8 Å². The summed E-state index contributed by atoms with van der Waals surface area (Å²) in [6, 6.07) is 22.8. The predicted octanol–water partition coefficient (Wildman–Crippen LogP) is 6.02. The summed E-state index contributed by atoms with van der Waals surface area (Å²) in [5.41, 5.74) is 6.55. The lowest BCUT2D eigenvalue weighted by atomic mass is 9.89. The number of rotatable bonds is 7. The maximum atomic E-state index is 9.46. The Bertz CT molecular complexity index is 1150. The van der Waals surface area contributed by atoms with Crippen LogP contribution in [0.15, 0.2) is 66.7 Å². The first-order valence-electron chi connectivity index (χ1n) is 14.0. The van der Waals surface area contributed by atoms with Gasteiger partial charge in [-0.3, -0.25) is 0 Å². The summed E-state index contributed by atoms with van der Waals surface area (Å²) in [4.78, 5) is 4.60. The number of piperidine rings is 1. The number of benzene rings is 3. The van der Waals surface area contributed by atoms with Gasteiger partial charge in [0.1, 0.15) is 11.5 Å². The monoisotopic (exact) mass is 528 g/mol. The first-order chi connectivity index (χ1) is 19.1. The first-order valence-corrected chi connectivity index (χ1v) is 14.0. The summed E-state index contributed by atoms with van der Waals surface area (Å²) in [5, 5.41) is 18.6. The highest BCUT2D eigenvalue weighted by molar-refractivity contribution is 5.51. The van der Waals surface area contributed by atoms with E-state index in [9.17, 15) is 10.2 Å². The maximum Gasteiger partial charge on any atom is 0.120 e. The van der Waals surface area contributed by atoms with Crippen LogP contribution in [-0.4, -0.2) is 55.5 Å². The minimum atomic E-state index is 0.130. The van der Waals surface area contributed by atoms with Crippen molar-refractivity contribution >= 4 is 5.69 Å². The summed E-state index contributed by atoms with van der Waals surface area (Å²) < 4.78 is 5.33. The van der Waals surface area contributed by atoms with Crippen molar-refractivity contribution < 1.29 is 14.9 Å². The van der Waals surface area contributed by atoms with Crippen molar-refractivity contribution in [2.45, 2.75) is 51.0 Å². The average molecular weight is 529 g/mol. The molecule has 1 fully saturated rings. The zero-order valence-electron chi connectivity index (χ0n) is 23.6. The molecule has 208 valence electrons. The number of likely N-dealkylation sites (tertiary alicyclic amines) is 1. The molecule has 0 spiro atoms. The largest absolute Gasteiger partial charge is 0.508 e. The van der Waals surface area contributed by atoms with Gasteiger partial charge in [0.15, 0.2) is 0 Å². The topological polar surface area (TPSA) is 56.2 Å². The Kier molecular flexibility index (Phi) is 12.2. The summed E-state index contributed by atoms with van der Waals surface area (Å²) in [6.45, 7) is 3.88. The van der Waals surface area contributed by atoms with E-state index in [1.807, 2.05) is 30.3 Å². The summed E-state index contributed by atoms with van der Waals surface area (Å²) >= 11 is 0. The number of anilines is 1. The third-order valence-corrected chi connectivity index (χ3v) is 7.66. The molecule has 5 heteroatoms. The molecule has 1 saturated heterocycles. The quantitative estimate of drug-likeness (QED) is 0.367. The molecule has 0 radical (unpaired) electrons. The molecule has 5 nitrogen and oxygen atoms in total. The van der Waals surface area contributed by atoms with E-state index in [2.05, 4.69) is 60.0 Å². The molecule has 3 aromatic rings. The van der Waals surface area contributed by atoms with Crippen LogP contribution in [0.25, 0.3) is 0 Å². The molecule has 0 atom stereocenters. The number of fused-ring (bicyclic) bond motifs is 1. The maximum absolute atomic E-state index is 9.46. The van der Waals surface area contributed by atoms with E-state index in [1.54, 1.807) is 13.2 Å². The molecule has 5 rings (SSSR count). The average Bonchev–Trinajstić information content (AvgIpc) is 2.99. The van der Waals surface area contributed by atoms with E-state index < -0.39 is 0 Å². The Morgan fingerprint density at radius 3 is 2.28 bits per heavy atom. The number of phenolic OH excluding ortho intramolecular Hbond substituents is 1. The SMILES string of the molecule is C#C.COc1cccc(N(CCO)Cc2ccc(C3CCN(C)CC3)cc2)c1.Oc1ccc2c(c1)CCCC2. The second kappa shape index (κ2) is 15.8. The zero-order valence-corrected chi connectivity index (χ0v) is 23.6. The number of aliphatic hydroxyl groups excluding tert-OH is 1. The van der Waals surface area contributed by atoms with Gasteiger partial charge < -0.3 is 24.7 Å². The number of hydrogen-bond acceptors (Lipinski definition) is 5. The van der Waals surface area contributed by atoms with Crippen molar-refractivity contribution in [2.75, 3.05) is 45.3 Å². The number of methoxy groups -OCH3 is 1. The predicted molar refractivity (Wildman–Crippen MR) is 162 cm³/mol. The Balaban J connectivity index is 0.000000267. The lowest BCUT2D eigenvalue weighted by molar-refractivity contribution is 0.255. The molecule has 0 saturated carbocycles. The summed E-state index contributed by atoms with van der Waals surface area (Å²) in [5.74, 6) is 1.93. The fourth-order valence-corrected chi connectivity index (χ4v) is 5.40. The van der Waals surface area contributed by atoms with Crippen LogP contribution < -0.4 is 9.64 Å². The lowest BCUT2D eigenvalue weighted by Crippen LogP contribution is -2.29. The van der Waals surface area contributed by atoms with Crippen LogP contribution in [0.2, 0.25) is 0 Å². The molecule has 1 aliphatic heterocycles. The van der Waals surface area contributed by atoms with Gasteiger partial charge in [-0.2, -0.15) is 0 Å². The Morgan fingerprint density at radius 2 is 1.62 bits per heavy atom. The third kappa shape index (κ3) is 9.06. The van der Waals surface area contributed by atoms with E-state index in [0.29, 0.717) is 18.2 Å². The van der Waals surface area contributed by atoms with E-state index in [1.165, 1.54) is 67.4 Å². The highest BCUT2D eigenvalue weighted by Crippen LogP contribution is 2.28. The standard InChI is InChI=1S/C22H30N2O2.C10H12O.C2H2/c1-23-12-10-20(11-13-23)19-8-6-18(7-9-19)17-24(14-15-25)21-4-3-5-22(16-21)26-2;11-10-6-5-8-3-1-2-4-9(8)7-10;1-2/h3-9,16,20,25H,10-15,17H2,1-2H3;5-7,11H,1-4H2;1-2H. The number of aryl methyl sites for hydroxylation is 2. The molecule has 0 aromatic heterocycles. The van der Waals surface area contributed by atoms with Crippen molar-refractivity contribution in [3.63, 3.8) is 0 Å². The fraction of sp³-hybridized carbons (Fsp3) is 0.412. The van der Waals surface area contributed by atoms with Gasteiger partial charge in [-0.1, -0.05) is 36.4 Å². The second-order valence-corrected chi connectivity index (χ2v) is 10.3. The minimum Gasteiger partial charge on any atom is -0.508 e. The Hall–Kier alpha value is -3.46. The van der Waals surface area contributed by atoms with Gasteiger partial charge in [-0.05, 0) is 111 Å². The van der Waals surface area contributed by atoms with Crippen LogP contribution in [0.1, 0.15) is 53.9 Å². The molecule has 2 aliphatic rings. The number of hydrogen-bond donors (Lipinski definition) is 2. The van der Waals surface area contributed by atoms with Crippen molar-refractivity contribution in [1.29, 1.82) is 0 Å². The molecule has 0 unspecified atom stereocenters. The van der Waals surface area contributed by atoms with Crippen LogP contribution >= 0.6 is 0 Å². The van der Waals surface area contributed by atoms with Crippen molar-refractivity contribution in [3.05, 3.63) is 89.0 Å². The van der Waals surface area contributed by atoms with E-state index >= 15 is 0 Å². The molecule has 2 N–H and O–H groups in total. The first kappa shape index (κ1) is 30.1. The van der Waals surface area contributed by atoms with Crippen LogP contribution in [0.3, 0.4) is 0 Å². The van der Waals surface area contributed by atoms with Gasteiger partial charge in [0, 0.05) is 24.8 Å². The van der Waals surface area contributed by atoms with Gasteiger partial charge >= 0.3 is 0 Å². The number of ether oxygens (including phenoxy) is 1. The van der Waals surface area contributed by atoms with Crippen molar-refractivity contribution in [2.24, 2.45) is 0 Å². The number of aromatic hydroxyl groups is 1. The van der Waals surface area contributed by atoms with Crippen LogP contribution in [0, 0.1) is 12.8 Å². The molecular weight excluding hydrogens is 484 g/mol.